The third-order valence-electron chi connectivity index (χ3n) is 11.3. The zero-order chi connectivity index (χ0) is 35.4. The van der Waals surface area contributed by atoms with Crippen molar-refractivity contribution in [2.45, 2.75) is 103 Å². The number of aliphatic hydroxyl groups excluding tert-OH is 1. The van der Waals surface area contributed by atoms with Gasteiger partial charge in [0.25, 0.3) is 5.88 Å². The maximum absolute atomic E-state index is 14.8. The van der Waals surface area contributed by atoms with Crippen LogP contribution in [0.4, 0.5) is 5.69 Å². The maximum atomic E-state index is 14.8. The molecule has 1 aromatic carbocycles. The van der Waals surface area contributed by atoms with Crippen LogP contribution in [-0.4, -0.2) is 95.8 Å². The number of carbonyl (C=O) groups is 2. The predicted molar refractivity (Wildman–Crippen MR) is 187 cm³/mol. The smallest absolute Gasteiger partial charge is 0.265 e. The van der Waals surface area contributed by atoms with E-state index in [2.05, 4.69) is 35.7 Å². The molecule has 0 unspecified atom stereocenters. The van der Waals surface area contributed by atoms with Crippen LogP contribution >= 0.6 is 0 Å². The molecule has 1 saturated heterocycles. The summed E-state index contributed by atoms with van der Waals surface area (Å²) in [6.07, 6.45) is 6.39. The fraction of sp³-hybridized carbons (Fsp3) is 0.658. The van der Waals surface area contributed by atoms with Crippen LogP contribution in [0.5, 0.6) is 11.6 Å². The Bertz CT molecular complexity index is 1640. The Balaban J connectivity index is 1.50. The summed E-state index contributed by atoms with van der Waals surface area (Å²) in [5.41, 5.74) is 1.20. The van der Waals surface area contributed by atoms with Gasteiger partial charge in [-0.25, -0.2) is 0 Å². The van der Waals surface area contributed by atoms with Crippen LogP contribution in [0, 0.1) is 11.8 Å². The summed E-state index contributed by atoms with van der Waals surface area (Å²) in [4.78, 5) is 35.6. The number of ketones is 2. The SMILES string of the molecule is CCCCOc1cc(CN2CCCC2(C)C)c(N(C)C)c2c1C(=O)C1=C(O)[C@]3(O)C(=O)c4c(OCCCC)noc4[C@@H](N(C)C)[C@@H]3C[C@@H]1C2. The lowest BCUT2D eigenvalue weighted by Crippen LogP contribution is -2.59. The highest BCUT2D eigenvalue weighted by atomic mass is 16.5. The van der Waals surface area contributed by atoms with Crippen molar-refractivity contribution in [2.24, 2.45) is 11.8 Å². The second-order valence-corrected chi connectivity index (χ2v) is 15.4. The van der Waals surface area contributed by atoms with Crippen molar-refractivity contribution in [3.05, 3.63) is 45.4 Å². The number of fused-ring (bicyclic) bond motifs is 4. The highest BCUT2D eigenvalue weighted by Gasteiger charge is 2.64. The molecule has 49 heavy (non-hydrogen) atoms. The van der Waals surface area contributed by atoms with Gasteiger partial charge in [-0.15, -0.1) is 0 Å². The molecular weight excluding hydrogens is 624 g/mol. The van der Waals surface area contributed by atoms with E-state index in [9.17, 15) is 19.8 Å². The van der Waals surface area contributed by atoms with Gasteiger partial charge in [0, 0.05) is 43.4 Å². The number of likely N-dealkylation sites (tertiary alicyclic amines) is 1. The molecule has 2 heterocycles. The monoisotopic (exact) mass is 678 g/mol. The van der Waals surface area contributed by atoms with E-state index in [1.807, 2.05) is 46.1 Å². The van der Waals surface area contributed by atoms with Gasteiger partial charge in [0.2, 0.25) is 5.78 Å². The summed E-state index contributed by atoms with van der Waals surface area (Å²) < 4.78 is 18.0. The Morgan fingerprint density at radius 3 is 2.37 bits per heavy atom. The molecule has 0 radical (unpaired) electrons. The third-order valence-corrected chi connectivity index (χ3v) is 11.3. The maximum Gasteiger partial charge on any atom is 0.265 e. The second kappa shape index (κ2) is 13.4. The summed E-state index contributed by atoms with van der Waals surface area (Å²) in [6, 6.07) is 1.41. The minimum atomic E-state index is -2.36. The molecule has 11 heteroatoms. The Hall–Kier alpha value is -3.41. The molecule has 1 fully saturated rings. The number of nitrogens with zero attached hydrogens (tertiary/aromatic N) is 4. The van der Waals surface area contributed by atoms with E-state index in [1.165, 1.54) is 0 Å². The molecule has 1 aromatic heterocycles. The van der Waals surface area contributed by atoms with Crippen LogP contribution in [0.15, 0.2) is 21.9 Å². The summed E-state index contributed by atoms with van der Waals surface area (Å²) in [6.45, 7) is 11.2. The Labute approximate surface area is 290 Å². The highest BCUT2D eigenvalue weighted by Crippen LogP contribution is 2.57. The summed E-state index contributed by atoms with van der Waals surface area (Å²) in [5, 5.41) is 28.6. The number of hydrogen-bond acceptors (Lipinski definition) is 11. The number of aliphatic hydroxyl groups is 2. The normalized spacial score (nSPS) is 26.0. The number of unbranched alkanes of at least 4 members (excludes halogenated alkanes) is 2. The number of carbonyl (C=O) groups excluding carboxylic acids is 2. The van der Waals surface area contributed by atoms with Crippen molar-refractivity contribution in [3.8, 4) is 11.6 Å². The second-order valence-electron chi connectivity index (χ2n) is 15.4. The molecule has 4 aliphatic rings. The van der Waals surface area contributed by atoms with Crippen LogP contribution < -0.4 is 14.4 Å². The van der Waals surface area contributed by atoms with Crippen molar-refractivity contribution in [1.82, 2.24) is 15.0 Å². The van der Waals surface area contributed by atoms with Gasteiger partial charge in [-0.05, 0) is 101 Å². The lowest BCUT2D eigenvalue weighted by atomic mass is 9.58. The van der Waals surface area contributed by atoms with E-state index in [0.717, 1.165) is 68.4 Å². The largest absolute Gasteiger partial charge is 0.508 e. The molecule has 0 amide bonds. The Kier molecular flexibility index (Phi) is 9.67. The molecule has 2 N–H and O–H groups in total. The molecule has 11 nitrogen and oxygen atoms in total. The topological polar surface area (TPSA) is 129 Å². The average molecular weight is 679 g/mol. The minimum absolute atomic E-state index is 0.00311. The number of Topliss-reactive ketones (excluding diaryl/α,β-unsaturated/α-hetero) is 2. The van der Waals surface area contributed by atoms with Gasteiger partial charge >= 0.3 is 0 Å². The van der Waals surface area contributed by atoms with Gasteiger partial charge in [-0.3, -0.25) is 19.4 Å². The average Bonchev–Trinajstić information content (AvgIpc) is 3.60. The Morgan fingerprint density at radius 1 is 1.06 bits per heavy atom. The zero-order valence-corrected chi connectivity index (χ0v) is 30.5. The molecule has 0 saturated carbocycles. The summed E-state index contributed by atoms with van der Waals surface area (Å²) in [5.74, 6) is -2.16. The zero-order valence-electron chi connectivity index (χ0n) is 30.5. The van der Waals surface area contributed by atoms with Crippen molar-refractivity contribution >= 4 is 17.3 Å². The van der Waals surface area contributed by atoms with E-state index in [1.54, 1.807) is 0 Å². The fourth-order valence-corrected chi connectivity index (χ4v) is 8.73. The number of anilines is 1. The number of rotatable bonds is 12. The van der Waals surface area contributed by atoms with Crippen molar-refractivity contribution in [1.29, 1.82) is 0 Å². The highest BCUT2D eigenvalue weighted by molar-refractivity contribution is 6.16. The van der Waals surface area contributed by atoms with E-state index < -0.39 is 40.8 Å². The van der Waals surface area contributed by atoms with Crippen LogP contribution in [0.3, 0.4) is 0 Å². The molecule has 0 bridgehead atoms. The van der Waals surface area contributed by atoms with Crippen LogP contribution in [0.1, 0.15) is 116 Å². The number of hydrogen-bond donors (Lipinski definition) is 2. The van der Waals surface area contributed by atoms with Crippen LogP contribution in [-0.2, 0) is 13.0 Å². The van der Waals surface area contributed by atoms with E-state index >= 15 is 0 Å². The minimum Gasteiger partial charge on any atom is -0.508 e. The lowest BCUT2D eigenvalue weighted by molar-refractivity contribution is -0.0559. The van der Waals surface area contributed by atoms with E-state index in [4.69, 9.17) is 14.0 Å². The van der Waals surface area contributed by atoms with E-state index in [-0.39, 0.29) is 29.0 Å². The first-order chi connectivity index (χ1) is 23.3. The molecular formula is C38H54N4O7. The lowest BCUT2D eigenvalue weighted by Gasteiger charge is -2.49. The van der Waals surface area contributed by atoms with Gasteiger partial charge in [0.1, 0.15) is 17.1 Å². The molecule has 1 aliphatic heterocycles. The predicted octanol–water partition coefficient (Wildman–Crippen LogP) is 5.89. The molecule has 3 aliphatic carbocycles. The van der Waals surface area contributed by atoms with Gasteiger partial charge in [-0.1, -0.05) is 26.7 Å². The first-order valence-electron chi connectivity index (χ1n) is 18.1. The Morgan fingerprint density at radius 2 is 1.76 bits per heavy atom. The van der Waals surface area contributed by atoms with E-state index in [0.29, 0.717) is 36.7 Å². The van der Waals surface area contributed by atoms with Gasteiger partial charge in [0.05, 0.1) is 24.8 Å². The third kappa shape index (κ3) is 5.75. The number of ether oxygens (including phenoxy) is 2. The first-order valence-corrected chi connectivity index (χ1v) is 18.1. The number of allylic oxidation sites excluding steroid dienone is 1. The van der Waals surface area contributed by atoms with Crippen LogP contribution in [0.2, 0.25) is 0 Å². The first kappa shape index (κ1) is 35.4. The number of aromatic nitrogens is 1. The molecule has 2 aromatic rings. The number of benzene rings is 1. The molecule has 0 spiro atoms. The fourth-order valence-electron chi connectivity index (χ4n) is 8.73. The molecule has 4 atom stereocenters. The quantitative estimate of drug-likeness (QED) is 0.261. The van der Waals surface area contributed by atoms with Crippen molar-refractivity contribution in [3.63, 3.8) is 0 Å². The summed E-state index contributed by atoms with van der Waals surface area (Å²) in [7, 11) is 7.70. The van der Waals surface area contributed by atoms with Crippen LogP contribution in [0.25, 0.3) is 0 Å². The van der Waals surface area contributed by atoms with Gasteiger partial charge in [0.15, 0.2) is 17.1 Å². The molecule has 6 rings (SSSR count). The standard InChI is InChI=1S/C38H54N4O7/c1-9-11-16-47-26-20-23(21-42-15-13-14-37(42,3)4)30(40(5)6)24-18-22-19-25-31(41(7)8)33-29(36(39-49-33)48-17-12-10-2)35(45)38(25,46)34(44)27(22)32(43)28(24)26/h20,22,25,31,44,46H,9-19,21H2,1-8H3/t22-,25-,31-,38-/m0/s1. The van der Waals surface area contributed by atoms with Crippen molar-refractivity contribution in [2.75, 3.05) is 52.8 Å². The van der Waals surface area contributed by atoms with Gasteiger partial charge < -0.3 is 29.1 Å². The molecule has 268 valence electrons. The summed E-state index contributed by atoms with van der Waals surface area (Å²) >= 11 is 0. The van der Waals surface area contributed by atoms with Crippen molar-refractivity contribution < 1.29 is 33.8 Å². The van der Waals surface area contributed by atoms with Gasteiger partial charge in [-0.2, -0.15) is 0 Å².